The van der Waals surface area contributed by atoms with Gasteiger partial charge in [-0.3, -0.25) is 4.79 Å². The fourth-order valence-electron chi connectivity index (χ4n) is 2.37. The first-order valence-corrected chi connectivity index (χ1v) is 8.98. The number of aliphatic imine (C=N–C) groups is 1. The summed E-state index contributed by atoms with van der Waals surface area (Å²) in [6, 6.07) is 11.8. The number of rotatable bonds is 5. The maximum atomic E-state index is 12.8. The molecular formula is C20H15F3N2O2S. The second-order valence-electron chi connectivity index (χ2n) is 5.67. The van der Waals surface area contributed by atoms with Crippen LogP contribution < -0.4 is 10.1 Å². The van der Waals surface area contributed by atoms with Gasteiger partial charge in [0.05, 0.1) is 16.2 Å². The number of ether oxygens (including phenoxy) is 1. The van der Waals surface area contributed by atoms with Crippen LogP contribution in [0.3, 0.4) is 0 Å². The highest BCUT2D eigenvalue weighted by atomic mass is 32.2. The molecule has 1 aliphatic heterocycles. The predicted molar refractivity (Wildman–Crippen MR) is 104 cm³/mol. The minimum Gasteiger partial charge on any atom is -0.489 e. The smallest absolute Gasteiger partial charge is 0.416 e. The Morgan fingerprint density at radius 1 is 1.18 bits per heavy atom. The largest absolute Gasteiger partial charge is 0.489 e. The van der Waals surface area contributed by atoms with Gasteiger partial charge in [-0.15, -0.1) is 0 Å². The molecular weight excluding hydrogens is 389 g/mol. The van der Waals surface area contributed by atoms with Crippen LogP contribution in [0.25, 0.3) is 6.08 Å². The molecule has 1 saturated heterocycles. The maximum Gasteiger partial charge on any atom is 0.416 e. The molecule has 0 spiro atoms. The third-order valence-electron chi connectivity index (χ3n) is 3.62. The Labute approximate surface area is 163 Å². The summed E-state index contributed by atoms with van der Waals surface area (Å²) in [5.74, 6) is 0.209. The van der Waals surface area contributed by atoms with Crippen molar-refractivity contribution in [3.05, 3.63) is 77.2 Å². The summed E-state index contributed by atoms with van der Waals surface area (Å²) >= 11 is 1.05. The fraction of sp³-hybridized carbons (Fsp3) is 0.100. The number of nitrogens with zero attached hydrogens (tertiary/aromatic N) is 1. The van der Waals surface area contributed by atoms with Gasteiger partial charge in [0.15, 0.2) is 5.17 Å². The Morgan fingerprint density at radius 2 is 1.96 bits per heavy atom. The van der Waals surface area contributed by atoms with E-state index in [1.807, 2.05) is 12.1 Å². The Morgan fingerprint density at radius 3 is 2.71 bits per heavy atom. The zero-order valence-corrected chi connectivity index (χ0v) is 15.3. The molecule has 0 bridgehead atoms. The van der Waals surface area contributed by atoms with Gasteiger partial charge in [-0.2, -0.15) is 13.2 Å². The van der Waals surface area contributed by atoms with Gasteiger partial charge < -0.3 is 10.1 Å². The monoisotopic (exact) mass is 404 g/mol. The van der Waals surface area contributed by atoms with Crippen molar-refractivity contribution in [2.75, 3.05) is 6.61 Å². The third-order valence-corrected chi connectivity index (χ3v) is 4.53. The predicted octanol–water partition coefficient (Wildman–Crippen LogP) is 5.16. The summed E-state index contributed by atoms with van der Waals surface area (Å²) in [4.78, 5) is 16.7. The fourth-order valence-corrected chi connectivity index (χ4v) is 3.20. The van der Waals surface area contributed by atoms with Crippen LogP contribution in [0.5, 0.6) is 5.75 Å². The van der Waals surface area contributed by atoms with Crippen molar-refractivity contribution in [3.63, 3.8) is 0 Å². The first kappa shape index (κ1) is 19.8. The van der Waals surface area contributed by atoms with Gasteiger partial charge in [0.2, 0.25) is 0 Å². The number of hydrogen-bond acceptors (Lipinski definition) is 4. The van der Waals surface area contributed by atoms with Crippen LogP contribution in [0.4, 0.5) is 18.9 Å². The lowest BCUT2D eigenvalue weighted by molar-refractivity contribution is -0.137. The molecule has 28 heavy (non-hydrogen) atoms. The zero-order valence-electron chi connectivity index (χ0n) is 14.5. The molecule has 0 saturated carbocycles. The number of hydrogen-bond donors (Lipinski definition) is 1. The van der Waals surface area contributed by atoms with Crippen molar-refractivity contribution < 1.29 is 22.7 Å². The molecule has 1 aliphatic rings. The molecule has 8 heteroatoms. The number of alkyl halides is 3. The molecule has 0 radical (unpaired) electrons. The van der Waals surface area contributed by atoms with Gasteiger partial charge in [-0.1, -0.05) is 36.9 Å². The SMILES string of the molecule is C=CCOc1ccccc1/C=C1\SC(=Nc2cccc(C(F)(F)F)c2)NC1=O. The van der Waals surface area contributed by atoms with Crippen molar-refractivity contribution in [2.45, 2.75) is 6.18 Å². The molecule has 3 rings (SSSR count). The van der Waals surface area contributed by atoms with Gasteiger partial charge in [0, 0.05) is 5.56 Å². The molecule has 4 nitrogen and oxygen atoms in total. The van der Waals surface area contributed by atoms with E-state index < -0.39 is 11.7 Å². The Hall–Kier alpha value is -3.00. The third kappa shape index (κ3) is 4.83. The minimum absolute atomic E-state index is 0.105. The van der Waals surface area contributed by atoms with Gasteiger partial charge in [-0.05, 0) is 42.1 Å². The van der Waals surface area contributed by atoms with Gasteiger partial charge in [0.25, 0.3) is 5.91 Å². The number of para-hydroxylation sites is 1. The molecule has 1 heterocycles. The lowest BCUT2D eigenvalue weighted by Crippen LogP contribution is -2.19. The molecule has 2 aromatic carbocycles. The van der Waals surface area contributed by atoms with Crippen molar-refractivity contribution in [3.8, 4) is 5.75 Å². The molecule has 1 amide bonds. The number of thioether (sulfide) groups is 1. The van der Waals surface area contributed by atoms with Gasteiger partial charge in [-0.25, -0.2) is 4.99 Å². The maximum absolute atomic E-state index is 12.8. The average molecular weight is 404 g/mol. The van der Waals surface area contributed by atoms with E-state index in [1.165, 1.54) is 12.1 Å². The molecule has 1 N–H and O–H groups in total. The summed E-state index contributed by atoms with van der Waals surface area (Å²) in [6.45, 7) is 3.92. The van der Waals surface area contributed by atoms with Crippen LogP contribution in [0.1, 0.15) is 11.1 Å². The molecule has 0 aliphatic carbocycles. The second-order valence-corrected chi connectivity index (χ2v) is 6.70. The van der Waals surface area contributed by atoms with E-state index in [0.717, 1.165) is 23.9 Å². The van der Waals surface area contributed by atoms with E-state index in [4.69, 9.17) is 4.74 Å². The highest BCUT2D eigenvalue weighted by molar-refractivity contribution is 8.18. The van der Waals surface area contributed by atoms with Crippen molar-refractivity contribution in [2.24, 2.45) is 4.99 Å². The Kier molecular flexibility index (Phi) is 5.89. The number of amidine groups is 1. The second kappa shape index (κ2) is 8.35. The minimum atomic E-state index is -4.46. The molecule has 0 aromatic heterocycles. The Bertz CT molecular complexity index is 968. The number of amides is 1. The van der Waals surface area contributed by atoms with E-state index in [2.05, 4.69) is 16.9 Å². The normalized spacial score (nSPS) is 17.0. The number of benzene rings is 2. The molecule has 144 valence electrons. The Balaban J connectivity index is 1.84. The van der Waals surface area contributed by atoms with Crippen LogP contribution >= 0.6 is 11.8 Å². The quantitative estimate of drug-likeness (QED) is 0.553. The molecule has 0 atom stereocenters. The number of nitrogens with one attached hydrogen (secondary N) is 1. The first-order valence-electron chi connectivity index (χ1n) is 8.16. The highest BCUT2D eigenvalue weighted by Crippen LogP contribution is 2.33. The standard InChI is InChI=1S/C20H15F3N2O2S/c1-2-10-27-16-9-4-3-6-13(16)11-17-18(26)25-19(28-17)24-15-8-5-7-14(12-15)20(21,22)23/h2-9,11-12H,1,10H2,(H,24,25,26)/b17-11-. The summed E-state index contributed by atoms with van der Waals surface area (Å²) in [5.41, 5.74) is 0.00337. The topological polar surface area (TPSA) is 50.7 Å². The van der Waals surface area contributed by atoms with Crippen LogP contribution in [0, 0.1) is 0 Å². The summed E-state index contributed by atoms with van der Waals surface area (Å²) in [7, 11) is 0. The summed E-state index contributed by atoms with van der Waals surface area (Å²) in [6.07, 6.45) is -1.20. The first-order chi connectivity index (χ1) is 13.4. The van der Waals surface area contributed by atoms with Crippen LogP contribution in [0.2, 0.25) is 0 Å². The number of carbonyl (C=O) groups excluding carboxylic acids is 1. The summed E-state index contributed by atoms with van der Waals surface area (Å²) < 4.78 is 44.0. The van der Waals surface area contributed by atoms with E-state index >= 15 is 0 Å². The number of carbonyl (C=O) groups is 1. The average Bonchev–Trinajstić information content (AvgIpc) is 2.99. The molecule has 0 unspecified atom stereocenters. The van der Waals surface area contributed by atoms with E-state index in [9.17, 15) is 18.0 Å². The van der Waals surface area contributed by atoms with Crippen LogP contribution in [0.15, 0.2) is 71.1 Å². The molecule has 1 fully saturated rings. The lowest BCUT2D eigenvalue weighted by Gasteiger charge is -2.07. The van der Waals surface area contributed by atoms with Crippen molar-refractivity contribution >= 4 is 34.6 Å². The summed E-state index contributed by atoms with van der Waals surface area (Å²) in [5, 5.41) is 2.77. The van der Waals surface area contributed by atoms with E-state index in [0.29, 0.717) is 22.8 Å². The highest BCUT2D eigenvalue weighted by Gasteiger charge is 2.30. The van der Waals surface area contributed by atoms with E-state index in [1.54, 1.807) is 24.3 Å². The van der Waals surface area contributed by atoms with E-state index in [-0.39, 0.29) is 16.8 Å². The van der Waals surface area contributed by atoms with Gasteiger partial charge >= 0.3 is 6.18 Å². The van der Waals surface area contributed by atoms with Crippen LogP contribution in [-0.4, -0.2) is 17.7 Å². The molecule has 2 aromatic rings. The van der Waals surface area contributed by atoms with Crippen LogP contribution in [-0.2, 0) is 11.0 Å². The zero-order chi connectivity index (χ0) is 20.1. The number of halogens is 3. The van der Waals surface area contributed by atoms with Crippen molar-refractivity contribution in [1.82, 2.24) is 5.32 Å². The van der Waals surface area contributed by atoms with Crippen molar-refractivity contribution in [1.29, 1.82) is 0 Å². The van der Waals surface area contributed by atoms with Gasteiger partial charge in [0.1, 0.15) is 12.4 Å². The lowest BCUT2D eigenvalue weighted by atomic mass is 10.2.